The largest absolute Gasteiger partial charge is 0.463 e. The number of nitrogens with two attached hydrogens (primary N) is 1. The molecule has 1 rings (SSSR count). The molecule has 0 fully saturated rings. The van der Waals surface area contributed by atoms with E-state index in [1.165, 1.54) is 12.1 Å². The molecule has 21 heavy (non-hydrogen) atoms. The van der Waals surface area contributed by atoms with E-state index >= 15 is 0 Å². The van der Waals surface area contributed by atoms with Gasteiger partial charge in [0.25, 0.3) is 0 Å². The molecule has 8 heteroatoms. The Morgan fingerprint density at radius 2 is 1.67 bits per heavy atom. The van der Waals surface area contributed by atoms with Crippen molar-refractivity contribution in [1.29, 1.82) is 0 Å². The normalized spacial score (nSPS) is 12.3. The van der Waals surface area contributed by atoms with Crippen LogP contribution in [0.2, 0.25) is 0 Å². The van der Waals surface area contributed by atoms with Crippen LogP contribution in [0.15, 0.2) is 30.3 Å². The van der Waals surface area contributed by atoms with E-state index in [9.17, 15) is 26.7 Å². The number of alkyl halides is 5. The van der Waals surface area contributed by atoms with Crippen LogP contribution in [0, 0.1) is 0 Å². The number of hydrogen-bond donors (Lipinski definition) is 1. The molecule has 0 aromatic heterocycles. The van der Waals surface area contributed by atoms with E-state index in [1.807, 2.05) is 0 Å². The summed E-state index contributed by atoms with van der Waals surface area (Å²) < 4.78 is 63.2. The maximum atomic E-state index is 13.2. The molecule has 0 unspecified atom stereocenters. The molecule has 3 nitrogen and oxygen atoms in total. The first-order chi connectivity index (χ1) is 9.70. The number of rotatable bonds is 6. The summed E-state index contributed by atoms with van der Waals surface area (Å²) in [5.74, 6) is -7.66. The van der Waals surface area contributed by atoms with Crippen molar-refractivity contribution in [3.8, 4) is 0 Å². The minimum absolute atomic E-state index is 0.0795. The van der Waals surface area contributed by atoms with Gasteiger partial charge >= 0.3 is 18.0 Å². The predicted molar refractivity (Wildman–Crippen MR) is 66.5 cm³/mol. The van der Waals surface area contributed by atoms with Crippen LogP contribution in [-0.4, -0.2) is 36.0 Å². The molecule has 0 saturated carbocycles. The lowest BCUT2D eigenvalue weighted by Crippen LogP contribution is -2.52. The standard InChI is InChI=1S/C13H15F5N2O/c14-12(15,13(16,17)18)11(21)20(8-4-7-19)9-10-5-2-1-3-6-10/h1-3,5-6H,4,7-9,19H2. The van der Waals surface area contributed by atoms with Crippen LogP contribution < -0.4 is 5.73 Å². The Hall–Kier alpha value is -1.70. The smallest absolute Gasteiger partial charge is 0.333 e. The average molecular weight is 310 g/mol. The van der Waals surface area contributed by atoms with Crippen molar-refractivity contribution in [1.82, 2.24) is 4.90 Å². The number of hydrogen-bond acceptors (Lipinski definition) is 2. The fourth-order valence-electron chi connectivity index (χ4n) is 1.66. The number of amides is 1. The minimum atomic E-state index is -5.91. The average Bonchev–Trinajstić information content (AvgIpc) is 2.42. The predicted octanol–water partition coefficient (Wildman–Crippen LogP) is 2.56. The van der Waals surface area contributed by atoms with Gasteiger partial charge in [0.05, 0.1) is 0 Å². The molecule has 118 valence electrons. The molecular formula is C13H15F5N2O. The van der Waals surface area contributed by atoms with Crippen LogP contribution in [0.4, 0.5) is 22.0 Å². The summed E-state index contributed by atoms with van der Waals surface area (Å²) in [4.78, 5) is 12.0. The summed E-state index contributed by atoms with van der Waals surface area (Å²) in [6.45, 7) is -0.516. The summed E-state index contributed by atoms with van der Waals surface area (Å²) in [6.07, 6.45) is -5.78. The maximum absolute atomic E-state index is 13.2. The van der Waals surface area contributed by atoms with Crippen LogP contribution >= 0.6 is 0 Å². The van der Waals surface area contributed by atoms with Gasteiger partial charge in [-0.2, -0.15) is 22.0 Å². The van der Waals surface area contributed by atoms with Crippen molar-refractivity contribution in [3.05, 3.63) is 35.9 Å². The van der Waals surface area contributed by atoms with Crippen molar-refractivity contribution >= 4 is 5.91 Å². The van der Waals surface area contributed by atoms with Gasteiger partial charge in [-0.3, -0.25) is 4.79 Å². The van der Waals surface area contributed by atoms with E-state index in [4.69, 9.17) is 5.73 Å². The van der Waals surface area contributed by atoms with E-state index < -0.39 is 18.0 Å². The molecule has 0 aliphatic carbocycles. The summed E-state index contributed by atoms with van der Waals surface area (Å²) in [5.41, 5.74) is 5.68. The van der Waals surface area contributed by atoms with Gasteiger partial charge in [-0.25, -0.2) is 0 Å². The highest BCUT2D eigenvalue weighted by Crippen LogP contribution is 2.37. The number of carbonyl (C=O) groups is 1. The van der Waals surface area contributed by atoms with Crippen molar-refractivity contribution in [2.24, 2.45) is 5.73 Å². The second-order valence-corrected chi connectivity index (χ2v) is 4.43. The molecule has 0 radical (unpaired) electrons. The Balaban J connectivity index is 2.94. The number of carbonyl (C=O) groups excluding carboxylic acids is 1. The molecule has 0 bridgehead atoms. The Kier molecular flexibility index (Phi) is 5.65. The molecule has 0 saturated heterocycles. The molecule has 0 heterocycles. The zero-order chi connectivity index (χ0) is 16.1. The first-order valence-corrected chi connectivity index (χ1v) is 6.18. The highest BCUT2D eigenvalue weighted by atomic mass is 19.4. The van der Waals surface area contributed by atoms with Crippen LogP contribution in [-0.2, 0) is 11.3 Å². The summed E-state index contributed by atoms with van der Waals surface area (Å²) in [6, 6.07) is 7.94. The molecule has 2 N–H and O–H groups in total. The zero-order valence-electron chi connectivity index (χ0n) is 11.0. The number of halogens is 5. The lowest BCUT2D eigenvalue weighted by molar-refractivity contribution is -0.274. The van der Waals surface area contributed by atoms with Gasteiger partial charge in [0.1, 0.15) is 0 Å². The van der Waals surface area contributed by atoms with Gasteiger partial charge in [-0.1, -0.05) is 30.3 Å². The fraction of sp³-hybridized carbons (Fsp3) is 0.462. The van der Waals surface area contributed by atoms with Gasteiger partial charge < -0.3 is 10.6 Å². The van der Waals surface area contributed by atoms with Gasteiger partial charge in [-0.05, 0) is 18.5 Å². The fourth-order valence-corrected chi connectivity index (χ4v) is 1.66. The Bertz CT molecular complexity index is 461. The first kappa shape index (κ1) is 17.4. The van der Waals surface area contributed by atoms with E-state index in [2.05, 4.69) is 0 Å². The summed E-state index contributed by atoms with van der Waals surface area (Å²) >= 11 is 0. The van der Waals surface area contributed by atoms with E-state index in [0.29, 0.717) is 10.5 Å². The van der Waals surface area contributed by atoms with Gasteiger partial charge in [0.2, 0.25) is 0 Å². The highest BCUT2D eigenvalue weighted by Gasteiger charge is 2.64. The van der Waals surface area contributed by atoms with Crippen molar-refractivity contribution in [2.45, 2.75) is 25.1 Å². The lowest BCUT2D eigenvalue weighted by Gasteiger charge is -2.28. The van der Waals surface area contributed by atoms with Gasteiger partial charge in [-0.15, -0.1) is 0 Å². The molecule has 1 aromatic rings. The van der Waals surface area contributed by atoms with Gasteiger partial charge in [0, 0.05) is 13.1 Å². The van der Waals surface area contributed by atoms with Crippen LogP contribution in [0.1, 0.15) is 12.0 Å². The minimum Gasteiger partial charge on any atom is -0.333 e. The SMILES string of the molecule is NCCCN(Cc1ccccc1)C(=O)C(F)(F)C(F)(F)F. The zero-order valence-corrected chi connectivity index (χ0v) is 11.0. The molecule has 1 amide bonds. The first-order valence-electron chi connectivity index (χ1n) is 6.18. The van der Waals surface area contributed by atoms with Crippen LogP contribution in [0.25, 0.3) is 0 Å². The molecule has 0 aliphatic rings. The third kappa shape index (κ3) is 4.38. The second kappa shape index (κ2) is 6.84. The Morgan fingerprint density at radius 1 is 1.10 bits per heavy atom. The second-order valence-electron chi connectivity index (χ2n) is 4.43. The quantitative estimate of drug-likeness (QED) is 0.821. The van der Waals surface area contributed by atoms with E-state index in [0.717, 1.165) is 0 Å². The Labute approximate surface area is 118 Å². The van der Waals surface area contributed by atoms with Crippen LogP contribution in [0.3, 0.4) is 0 Å². The molecule has 0 spiro atoms. The summed E-state index contributed by atoms with van der Waals surface area (Å²) in [7, 11) is 0. The molecule has 1 aromatic carbocycles. The highest BCUT2D eigenvalue weighted by molar-refractivity contribution is 5.84. The molecule has 0 atom stereocenters. The van der Waals surface area contributed by atoms with Crippen molar-refractivity contribution in [3.63, 3.8) is 0 Å². The monoisotopic (exact) mass is 310 g/mol. The van der Waals surface area contributed by atoms with Crippen molar-refractivity contribution in [2.75, 3.05) is 13.1 Å². The van der Waals surface area contributed by atoms with Crippen LogP contribution in [0.5, 0.6) is 0 Å². The Morgan fingerprint density at radius 3 is 2.14 bits per heavy atom. The van der Waals surface area contributed by atoms with Crippen molar-refractivity contribution < 1.29 is 26.7 Å². The third-order valence-electron chi connectivity index (χ3n) is 2.76. The number of nitrogens with zero attached hydrogens (tertiary/aromatic N) is 1. The van der Waals surface area contributed by atoms with Gasteiger partial charge in [0.15, 0.2) is 0 Å². The lowest BCUT2D eigenvalue weighted by atomic mass is 10.2. The molecule has 0 aliphatic heterocycles. The maximum Gasteiger partial charge on any atom is 0.463 e. The third-order valence-corrected chi connectivity index (χ3v) is 2.76. The topological polar surface area (TPSA) is 46.3 Å². The van der Waals surface area contributed by atoms with E-state index in [1.54, 1.807) is 18.2 Å². The molecular weight excluding hydrogens is 295 g/mol. The number of benzene rings is 1. The summed E-state index contributed by atoms with van der Waals surface area (Å²) in [5, 5.41) is 0. The van der Waals surface area contributed by atoms with E-state index in [-0.39, 0.29) is 26.1 Å².